The van der Waals surface area contributed by atoms with Crippen molar-refractivity contribution in [2.75, 3.05) is 6.54 Å². The molecule has 32 heavy (non-hydrogen) atoms. The summed E-state index contributed by atoms with van der Waals surface area (Å²) in [6.45, 7) is 0.0548. The normalized spacial score (nSPS) is 10.8. The van der Waals surface area contributed by atoms with Crippen molar-refractivity contribution in [2.45, 2.75) is 13.1 Å². The zero-order valence-electron chi connectivity index (χ0n) is 16.8. The van der Waals surface area contributed by atoms with Gasteiger partial charge in [0.25, 0.3) is 11.1 Å². The van der Waals surface area contributed by atoms with Gasteiger partial charge >= 0.3 is 0 Å². The number of aromatic nitrogens is 4. The Bertz CT molecular complexity index is 1350. The molecule has 0 aliphatic heterocycles. The van der Waals surface area contributed by atoms with E-state index in [4.69, 9.17) is 0 Å². The average molecular weight is 451 g/mol. The number of carbonyl (C=O) groups is 1. The lowest BCUT2D eigenvalue weighted by atomic mass is 10.1. The van der Waals surface area contributed by atoms with Crippen molar-refractivity contribution in [1.29, 1.82) is 0 Å². The lowest BCUT2D eigenvalue weighted by Crippen LogP contribution is -2.36. The third-order valence-electron chi connectivity index (χ3n) is 4.59. The van der Waals surface area contributed by atoms with Gasteiger partial charge in [0.05, 0.1) is 17.1 Å². The highest BCUT2D eigenvalue weighted by Gasteiger charge is 2.09. The van der Waals surface area contributed by atoms with Gasteiger partial charge in [0.2, 0.25) is 5.91 Å². The van der Waals surface area contributed by atoms with Crippen LogP contribution in [0.15, 0.2) is 75.6 Å². The van der Waals surface area contributed by atoms with E-state index in [9.17, 15) is 18.8 Å². The lowest BCUT2D eigenvalue weighted by Gasteiger charge is -2.09. The minimum atomic E-state index is -0.437. The second-order valence-corrected chi connectivity index (χ2v) is 7.78. The van der Waals surface area contributed by atoms with Crippen LogP contribution >= 0.6 is 11.3 Å². The van der Waals surface area contributed by atoms with Crippen LogP contribution in [0.3, 0.4) is 0 Å². The van der Waals surface area contributed by atoms with Gasteiger partial charge in [-0.2, -0.15) is 10.2 Å². The van der Waals surface area contributed by atoms with Crippen molar-refractivity contribution in [2.24, 2.45) is 0 Å². The van der Waals surface area contributed by atoms with E-state index in [0.717, 1.165) is 9.56 Å². The minimum Gasteiger partial charge on any atom is -0.353 e. The van der Waals surface area contributed by atoms with Gasteiger partial charge in [-0.15, -0.1) is 11.3 Å². The molecule has 0 saturated heterocycles. The Balaban J connectivity index is 1.39. The Morgan fingerprint density at radius 2 is 1.59 bits per heavy atom. The lowest BCUT2D eigenvalue weighted by molar-refractivity contribution is -0.121. The first-order chi connectivity index (χ1) is 15.5. The summed E-state index contributed by atoms with van der Waals surface area (Å²) in [7, 11) is 0. The molecule has 0 aliphatic carbocycles. The van der Waals surface area contributed by atoms with Crippen molar-refractivity contribution in [1.82, 2.24) is 24.9 Å². The molecule has 10 heteroatoms. The Morgan fingerprint density at radius 1 is 0.906 bits per heavy atom. The van der Waals surface area contributed by atoms with Crippen molar-refractivity contribution >= 4 is 17.2 Å². The number of rotatable bonds is 7. The SMILES string of the molecule is O=C(Cn1nc(-c2ccc(F)cc2)ccc1=O)NCCn1nc(-c2cccs2)ccc1=O. The fourth-order valence-electron chi connectivity index (χ4n) is 2.99. The molecule has 4 aromatic rings. The first-order valence-corrected chi connectivity index (χ1v) is 10.6. The molecule has 1 N–H and O–H groups in total. The van der Waals surface area contributed by atoms with Gasteiger partial charge in [-0.25, -0.2) is 13.8 Å². The number of carbonyl (C=O) groups excluding carboxylic acids is 1. The predicted octanol–water partition coefficient (Wildman–Crippen LogP) is 2.15. The van der Waals surface area contributed by atoms with E-state index < -0.39 is 11.5 Å². The molecule has 3 aromatic heterocycles. The van der Waals surface area contributed by atoms with E-state index >= 15 is 0 Å². The van der Waals surface area contributed by atoms with E-state index in [-0.39, 0.29) is 31.0 Å². The molecule has 0 radical (unpaired) electrons. The summed E-state index contributed by atoms with van der Waals surface area (Å²) in [5.74, 6) is -0.811. The van der Waals surface area contributed by atoms with Gasteiger partial charge < -0.3 is 5.32 Å². The molecule has 0 aliphatic rings. The smallest absolute Gasteiger partial charge is 0.267 e. The zero-order valence-corrected chi connectivity index (χ0v) is 17.6. The minimum absolute atomic E-state index is 0.159. The topological polar surface area (TPSA) is 98.9 Å². The van der Waals surface area contributed by atoms with Crippen LogP contribution < -0.4 is 16.4 Å². The largest absolute Gasteiger partial charge is 0.353 e. The van der Waals surface area contributed by atoms with E-state index in [1.807, 2.05) is 17.5 Å². The van der Waals surface area contributed by atoms with Gasteiger partial charge in [-0.3, -0.25) is 14.4 Å². The molecule has 0 spiro atoms. The average Bonchev–Trinajstić information content (AvgIpc) is 3.32. The predicted molar refractivity (Wildman–Crippen MR) is 119 cm³/mol. The van der Waals surface area contributed by atoms with Crippen LogP contribution in [0.2, 0.25) is 0 Å². The molecule has 1 aromatic carbocycles. The number of amides is 1. The first kappa shape index (κ1) is 21.3. The molecule has 0 saturated carbocycles. The maximum atomic E-state index is 13.1. The first-order valence-electron chi connectivity index (χ1n) is 9.72. The molecule has 0 fully saturated rings. The number of thiophene rings is 1. The Labute approximate surface area is 185 Å². The fraction of sp³-hybridized carbons (Fsp3) is 0.136. The van der Waals surface area contributed by atoms with E-state index in [2.05, 4.69) is 15.5 Å². The molecule has 0 atom stereocenters. The number of benzene rings is 1. The number of nitrogens with zero attached hydrogens (tertiary/aromatic N) is 4. The third kappa shape index (κ3) is 5.03. The fourth-order valence-corrected chi connectivity index (χ4v) is 3.69. The van der Waals surface area contributed by atoms with Crippen LogP contribution in [-0.4, -0.2) is 32.0 Å². The van der Waals surface area contributed by atoms with Crippen LogP contribution in [0.1, 0.15) is 0 Å². The highest BCUT2D eigenvalue weighted by atomic mass is 32.1. The Kier molecular flexibility index (Phi) is 6.31. The highest BCUT2D eigenvalue weighted by molar-refractivity contribution is 7.13. The monoisotopic (exact) mass is 451 g/mol. The van der Waals surface area contributed by atoms with Gasteiger partial charge in [-0.05, 0) is 47.8 Å². The molecule has 3 heterocycles. The van der Waals surface area contributed by atoms with Gasteiger partial charge in [0, 0.05) is 24.2 Å². The van der Waals surface area contributed by atoms with Crippen molar-refractivity contribution in [3.8, 4) is 21.8 Å². The third-order valence-corrected chi connectivity index (χ3v) is 5.48. The summed E-state index contributed by atoms with van der Waals surface area (Å²) >= 11 is 1.52. The van der Waals surface area contributed by atoms with Crippen LogP contribution in [0, 0.1) is 5.82 Å². The van der Waals surface area contributed by atoms with E-state index in [1.54, 1.807) is 18.2 Å². The zero-order chi connectivity index (χ0) is 22.5. The van der Waals surface area contributed by atoms with E-state index in [0.29, 0.717) is 17.0 Å². The quantitative estimate of drug-likeness (QED) is 0.464. The van der Waals surface area contributed by atoms with E-state index in [1.165, 1.54) is 46.4 Å². The molecule has 1 amide bonds. The molecular weight excluding hydrogens is 433 g/mol. The summed E-state index contributed by atoms with van der Waals surface area (Å²) in [6.07, 6.45) is 0. The molecule has 0 bridgehead atoms. The maximum absolute atomic E-state index is 13.1. The second kappa shape index (κ2) is 9.48. The molecule has 4 rings (SSSR count). The second-order valence-electron chi connectivity index (χ2n) is 6.83. The van der Waals surface area contributed by atoms with Gasteiger partial charge in [0.15, 0.2) is 0 Å². The molecule has 162 valence electrons. The summed E-state index contributed by atoms with van der Waals surface area (Å²) in [5, 5.41) is 13.1. The number of halogens is 1. The standard InChI is InChI=1S/C22H18FN5O3S/c23-16-5-3-15(4-6-16)17-7-9-22(31)28(25-17)14-20(29)24-11-12-27-21(30)10-8-18(26-27)19-2-1-13-32-19/h1-10,13H,11-12,14H2,(H,24,29). The summed E-state index contributed by atoms with van der Waals surface area (Å²) in [6, 6.07) is 15.4. The van der Waals surface area contributed by atoms with Crippen LogP contribution in [0.5, 0.6) is 0 Å². The Hall–Kier alpha value is -3.92. The maximum Gasteiger partial charge on any atom is 0.267 e. The van der Waals surface area contributed by atoms with Crippen LogP contribution in [0.25, 0.3) is 21.8 Å². The van der Waals surface area contributed by atoms with Gasteiger partial charge in [0.1, 0.15) is 18.1 Å². The van der Waals surface area contributed by atoms with Gasteiger partial charge in [-0.1, -0.05) is 6.07 Å². The number of hydrogen-bond donors (Lipinski definition) is 1. The Morgan fingerprint density at radius 3 is 2.31 bits per heavy atom. The number of nitrogens with one attached hydrogen (secondary N) is 1. The van der Waals surface area contributed by atoms with Crippen LogP contribution in [0.4, 0.5) is 4.39 Å². The van der Waals surface area contributed by atoms with Crippen molar-refractivity contribution in [3.05, 3.63) is 92.6 Å². The van der Waals surface area contributed by atoms with Crippen molar-refractivity contribution < 1.29 is 9.18 Å². The molecule has 8 nitrogen and oxygen atoms in total. The summed E-state index contributed by atoms with van der Waals surface area (Å²) < 4.78 is 15.4. The number of hydrogen-bond acceptors (Lipinski definition) is 6. The molecule has 0 unspecified atom stereocenters. The highest BCUT2D eigenvalue weighted by Crippen LogP contribution is 2.21. The molecular formula is C22H18FN5O3S. The summed E-state index contributed by atoms with van der Waals surface area (Å²) in [4.78, 5) is 37.4. The van der Waals surface area contributed by atoms with Crippen molar-refractivity contribution in [3.63, 3.8) is 0 Å². The van der Waals surface area contributed by atoms with Crippen LogP contribution in [-0.2, 0) is 17.9 Å². The summed E-state index contributed by atoms with van der Waals surface area (Å²) in [5.41, 5.74) is 1.03.